The molecule has 112 valence electrons. The Labute approximate surface area is 136 Å². The monoisotopic (exact) mass is 345 g/mol. The predicted molar refractivity (Wildman–Crippen MR) is 94.5 cm³/mol. The summed E-state index contributed by atoms with van der Waals surface area (Å²) in [7, 11) is 0. The van der Waals surface area contributed by atoms with E-state index in [1.165, 1.54) is 16.7 Å². The van der Waals surface area contributed by atoms with Crippen molar-refractivity contribution in [2.45, 2.75) is 45.7 Å². The number of hydrogen-bond donors (Lipinski definition) is 1. The third kappa shape index (κ3) is 4.69. The molecule has 0 bridgehead atoms. The molecule has 0 aliphatic rings. The smallest absolute Gasteiger partial charge is 0.0294 e. The van der Waals surface area contributed by atoms with Crippen molar-refractivity contribution >= 4 is 15.9 Å². The molecule has 0 heterocycles. The quantitative estimate of drug-likeness (QED) is 0.760. The largest absolute Gasteiger partial charge is 0.306 e. The third-order valence-corrected chi connectivity index (χ3v) is 4.33. The number of halogens is 1. The topological polar surface area (TPSA) is 12.0 Å². The van der Waals surface area contributed by atoms with Gasteiger partial charge in [0.05, 0.1) is 0 Å². The van der Waals surface area contributed by atoms with E-state index >= 15 is 0 Å². The summed E-state index contributed by atoms with van der Waals surface area (Å²) in [5.74, 6) is 0. The van der Waals surface area contributed by atoms with Gasteiger partial charge in [-0.1, -0.05) is 73.1 Å². The lowest BCUT2D eigenvalue weighted by Crippen LogP contribution is -2.18. The van der Waals surface area contributed by atoms with Crippen molar-refractivity contribution in [1.29, 1.82) is 0 Å². The van der Waals surface area contributed by atoms with E-state index in [0.29, 0.717) is 6.04 Å². The first-order valence-electron chi connectivity index (χ1n) is 7.44. The lowest BCUT2D eigenvalue weighted by molar-refractivity contribution is 0.571. The van der Waals surface area contributed by atoms with Crippen LogP contribution in [0.5, 0.6) is 0 Å². The van der Waals surface area contributed by atoms with E-state index in [0.717, 1.165) is 11.0 Å². The number of rotatable bonds is 4. The van der Waals surface area contributed by atoms with E-state index in [1.807, 2.05) is 0 Å². The molecule has 0 amide bonds. The highest BCUT2D eigenvalue weighted by Crippen LogP contribution is 2.22. The summed E-state index contributed by atoms with van der Waals surface area (Å²) in [6.45, 7) is 9.83. The van der Waals surface area contributed by atoms with Crippen LogP contribution in [0.4, 0.5) is 0 Å². The molecular weight excluding hydrogens is 322 g/mol. The zero-order valence-corrected chi connectivity index (χ0v) is 14.9. The Kier molecular flexibility index (Phi) is 5.23. The molecular formula is C19H24BrN. The van der Waals surface area contributed by atoms with Gasteiger partial charge in [-0.05, 0) is 41.2 Å². The Hall–Kier alpha value is -1.12. The molecule has 0 aliphatic carbocycles. The summed E-state index contributed by atoms with van der Waals surface area (Å²) in [5.41, 5.74) is 4.24. The fraction of sp³-hybridized carbons (Fsp3) is 0.368. The van der Waals surface area contributed by atoms with Crippen LogP contribution in [0.1, 0.15) is 50.4 Å². The molecule has 1 nitrogen and oxygen atoms in total. The van der Waals surface area contributed by atoms with E-state index in [2.05, 4.69) is 97.5 Å². The maximum absolute atomic E-state index is 3.58. The first-order chi connectivity index (χ1) is 9.86. The molecule has 0 spiro atoms. The molecule has 0 fully saturated rings. The minimum Gasteiger partial charge on any atom is -0.306 e. The summed E-state index contributed by atoms with van der Waals surface area (Å²) in [5, 5.41) is 3.58. The van der Waals surface area contributed by atoms with E-state index in [-0.39, 0.29) is 5.41 Å². The average Bonchev–Trinajstić information content (AvgIpc) is 2.45. The van der Waals surface area contributed by atoms with Crippen LogP contribution in [-0.2, 0) is 12.0 Å². The molecule has 0 unspecified atom stereocenters. The second kappa shape index (κ2) is 6.76. The Bertz CT molecular complexity index is 564. The highest BCUT2D eigenvalue weighted by Gasteiger charge is 2.12. The van der Waals surface area contributed by atoms with Crippen molar-refractivity contribution in [3.05, 3.63) is 69.7 Å². The normalized spacial score (nSPS) is 13.2. The van der Waals surface area contributed by atoms with Gasteiger partial charge in [-0.3, -0.25) is 0 Å². The minimum atomic E-state index is 0.219. The van der Waals surface area contributed by atoms with Crippen LogP contribution in [0, 0.1) is 0 Å². The Morgan fingerprint density at radius 1 is 0.952 bits per heavy atom. The molecule has 0 radical (unpaired) electrons. The van der Waals surface area contributed by atoms with Crippen LogP contribution in [0.25, 0.3) is 0 Å². The zero-order valence-electron chi connectivity index (χ0n) is 13.3. The molecule has 2 heteroatoms. The van der Waals surface area contributed by atoms with Crippen molar-refractivity contribution < 1.29 is 0 Å². The van der Waals surface area contributed by atoms with Gasteiger partial charge in [-0.25, -0.2) is 0 Å². The highest BCUT2D eigenvalue weighted by molar-refractivity contribution is 9.10. The first kappa shape index (κ1) is 16.3. The Morgan fingerprint density at radius 2 is 1.52 bits per heavy atom. The van der Waals surface area contributed by atoms with E-state index in [4.69, 9.17) is 0 Å². The third-order valence-electron chi connectivity index (χ3n) is 3.80. The van der Waals surface area contributed by atoms with Crippen molar-refractivity contribution in [1.82, 2.24) is 5.32 Å². The standard InChI is InChI=1S/C19H24BrN/c1-14(16-7-11-18(20)12-8-16)21-13-15-5-9-17(10-6-15)19(2,3)4/h5-12,14,21H,13H2,1-4H3/t14-/m1/s1. The number of hydrogen-bond acceptors (Lipinski definition) is 1. The van der Waals surface area contributed by atoms with Crippen LogP contribution >= 0.6 is 15.9 Å². The molecule has 0 saturated carbocycles. The van der Waals surface area contributed by atoms with Crippen molar-refractivity contribution in [2.24, 2.45) is 0 Å². The lowest BCUT2D eigenvalue weighted by atomic mass is 9.87. The van der Waals surface area contributed by atoms with Gasteiger partial charge < -0.3 is 5.32 Å². The van der Waals surface area contributed by atoms with Crippen LogP contribution < -0.4 is 5.32 Å². The van der Waals surface area contributed by atoms with E-state index in [9.17, 15) is 0 Å². The van der Waals surface area contributed by atoms with Gasteiger partial charge in [0.2, 0.25) is 0 Å². The fourth-order valence-corrected chi connectivity index (χ4v) is 2.53. The molecule has 0 saturated heterocycles. The van der Waals surface area contributed by atoms with Crippen LogP contribution in [0.2, 0.25) is 0 Å². The Balaban J connectivity index is 1.95. The summed E-state index contributed by atoms with van der Waals surface area (Å²) < 4.78 is 1.12. The molecule has 1 N–H and O–H groups in total. The molecule has 2 rings (SSSR count). The average molecular weight is 346 g/mol. The van der Waals surface area contributed by atoms with Crippen molar-refractivity contribution in [2.75, 3.05) is 0 Å². The maximum atomic E-state index is 3.58. The SMILES string of the molecule is C[C@@H](NCc1ccc(C(C)(C)C)cc1)c1ccc(Br)cc1. The second-order valence-corrected chi connectivity index (χ2v) is 7.52. The van der Waals surface area contributed by atoms with Gasteiger partial charge in [0.25, 0.3) is 0 Å². The van der Waals surface area contributed by atoms with Gasteiger partial charge in [0.15, 0.2) is 0 Å². The minimum absolute atomic E-state index is 0.219. The molecule has 0 aromatic heterocycles. The molecule has 2 aromatic carbocycles. The van der Waals surface area contributed by atoms with E-state index in [1.54, 1.807) is 0 Å². The fourth-order valence-electron chi connectivity index (χ4n) is 2.26. The Morgan fingerprint density at radius 3 is 2.05 bits per heavy atom. The van der Waals surface area contributed by atoms with Gasteiger partial charge >= 0.3 is 0 Å². The molecule has 21 heavy (non-hydrogen) atoms. The lowest BCUT2D eigenvalue weighted by Gasteiger charge is -2.19. The summed E-state index contributed by atoms with van der Waals surface area (Å²) in [6, 6.07) is 17.8. The van der Waals surface area contributed by atoms with Gasteiger partial charge in [0, 0.05) is 17.1 Å². The van der Waals surface area contributed by atoms with Crippen LogP contribution in [0.3, 0.4) is 0 Å². The number of benzene rings is 2. The van der Waals surface area contributed by atoms with Crippen molar-refractivity contribution in [3.8, 4) is 0 Å². The summed E-state index contributed by atoms with van der Waals surface area (Å²) >= 11 is 3.47. The molecule has 0 aliphatic heterocycles. The van der Waals surface area contributed by atoms with E-state index < -0.39 is 0 Å². The maximum Gasteiger partial charge on any atom is 0.0294 e. The first-order valence-corrected chi connectivity index (χ1v) is 8.24. The van der Waals surface area contributed by atoms with Crippen LogP contribution in [0.15, 0.2) is 53.0 Å². The number of nitrogens with one attached hydrogen (secondary N) is 1. The van der Waals surface area contributed by atoms with Gasteiger partial charge in [-0.15, -0.1) is 0 Å². The summed E-state index contributed by atoms with van der Waals surface area (Å²) in [6.07, 6.45) is 0. The van der Waals surface area contributed by atoms with Gasteiger partial charge in [-0.2, -0.15) is 0 Å². The second-order valence-electron chi connectivity index (χ2n) is 6.60. The predicted octanol–water partition coefficient (Wildman–Crippen LogP) is 5.60. The van der Waals surface area contributed by atoms with Crippen LogP contribution in [-0.4, -0.2) is 0 Å². The van der Waals surface area contributed by atoms with Crippen molar-refractivity contribution in [3.63, 3.8) is 0 Å². The molecule has 2 aromatic rings. The zero-order chi connectivity index (χ0) is 15.5. The highest BCUT2D eigenvalue weighted by atomic mass is 79.9. The van der Waals surface area contributed by atoms with Gasteiger partial charge in [0.1, 0.15) is 0 Å². The molecule has 1 atom stereocenters. The summed E-state index contributed by atoms with van der Waals surface area (Å²) in [4.78, 5) is 0.